The van der Waals surface area contributed by atoms with Gasteiger partial charge in [-0.15, -0.1) is 0 Å². The monoisotopic (exact) mass is 325 g/mol. The van der Waals surface area contributed by atoms with Crippen LogP contribution < -0.4 is 0 Å². The van der Waals surface area contributed by atoms with Crippen LogP contribution in [0.2, 0.25) is 0 Å². The van der Waals surface area contributed by atoms with Crippen molar-refractivity contribution in [3.8, 4) is 0 Å². The Morgan fingerprint density at radius 1 is 1.29 bits per heavy atom. The molecule has 1 aromatic carbocycles. The van der Waals surface area contributed by atoms with Crippen molar-refractivity contribution in [1.29, 1.82) is 0 Å². The van der Waals surface area contributed by atoms with Crippen molar-refractivity contribution in [2.45, 2.75) is 38.8 Å². The van der Waals surface area contributed by atoms with Gasteiger partial charge in [0, 0.05) is 19.6 Å². The van der Waals surface area contributed by atoms with E-state index in [2.05, 4.69) is 44.3 Å². The standard InChI is InChI=1S/C18H23N5O/c1-13-19-18(21-20-13)16-7-4-9-23(16)17(24)12-22-10-8-14-5-2-3-6-15(14)11-22/h2-3,5-6,16H,4,7-12H2,1H3,(H,19,20,21)/t16-/m0/s1. The van der Waals surface area contributed by atoms with Gasteiger partial charge in [0.15, 0.2) is 5.82 Å². The fraction of sp³-hybridized carbons (Fsp3) is 0.500. The minimum atomic E-state index is 0.0273. The summed E-state index contributed by atoms with van der Waals surface area (Å²) in [7, 11) is 0. The van der Waals surface area contributed by atoms with Crippen LogP contribution in [0.1, 0.15) is 41.7 Å². The van der Waals surface area contributed by atoms with Gasteiger partial charge in [-0.05, 0) is 37.3 Å². The zero-order valence-corrected chi connectivity index (χ0v) is 14.0. The maximum atomic E-state index is 12.8. The van der Waals surface area contributed by atoms with E-state index < -0.39 is 0 Å². The van der Waals surface area contributed by atoms with Crippen molar-refractivity contribution in [3.05, 3.63) is 47.0 Å². The van der Waals surface area contributed by atoms with E-state index in [9.17, 15) is 4.79 Å². The number of likely N-dealkylation sites (tertiary alicyclic amines) is 1. The largest absolute Gasteiger partial charge is 0.331 e. The average molecular weight is 325 g/mol. The number of hydrogen-bond acceptors (Lipinski definition) is 4. The summed E-state index contributed by atoms with van der Waals surface area (Å²) in [6.07, 6.45) is 2.99. The molecule has 6 heteroatoms. The van der Waals surface area contributed by atoms with Gasteiger partial charge in [-0.1, -0.05) is 24.3 Å². The van der Waals surface area contributed by atoms with Gasteiger partial charge in [0.2, 0.25) is 5.91 Å². The average Bonchev–Trinajstić information content (AvgIpc) is 3.23. The van der Waals surface area contributed by atoms with Crippen molar-refractivity contribution in [2.24, 2.45) is 0 Å². The third kappa shape index (κ3) is 2.94. The van der Waals surface area contributed by atoms with Gasteiger partial charge in [-0.25, -0.2) is 4.98 Å². The Bertz CT molecular complexity index is 741. The highest BCUT2D eigenvalue weighted by Crippen LogP contribution is 2.30. The summed E-state index contributed by atoms with van der Waals surface area (Å²) in [6.45, 7) is 4.99. The molecule has 0 radical (unpaired) electrons. The van der Waals surface area contributed by atoms with Crippen molar-refractivity contribution in [3.63, 3.8) is 0 Å². The number of H-pyrrole nitrogens is 1. The predicted molar refractivity (Wildman–Crippen MR) is 90.2 cm³/mol. The van der Waals surface area contributed by atoms with E-state index in [1.807, 2.05) is 11.8 Å². The molecule has 4 rings (SSSR count). The van der Waals surface area contributed by atoms with Crippen LogP contribution in [0.15, 0.2) is 24.3 Å². The molecular formula is C18H23N5O. The first-order chi connectivity index (χ1) is 11.7. The zero-order valence-electron chi connectivity index (χ0n) is 14.0. The number of nitrogens with one attached hydrogen (secondary N) is 1. The summed E-state index contributed by atoms with van der Waals surface area (Å²) < 4.78 is 0. The predicted octanol–water partition coefficient (Wildman–Crippen LogP) is 1.83. The lowest BCUT2D eigenvalue weighted by Gasteiger charge is -2.31. The maximum absolute atomic E-state index is 12.8. The lowest BCUT2D eigenvalue weighted by Crippen LogP contribution is -2.42. The maximum Gasteiger partial charge on any atom is 0.237 e. The number of amides is 1. The van der Waals surface area contributed by atoms with Gasteiger partial charge in [-0.3, -0.25) is 14.8 Å². The van der Waals surface area contributed by atoms with Crippen molar-refractivity contribution >= 4 is 5.91 Å². The Hall–Kier alpha value is -2.21. The Labute approximate surface area is 141 Å². The molecule has 1 fully saturated rings. The minimum Gasteiger partial charge on any atom is -0.331 e. The molecule has 1 amide bonds. The van der Waals surface area contributed by atoms with E-state index in [1.165, 1.54) is 11.1 Å². The number of aromatic amines is 1. The summed E-state index contributed by atoms with van der Waals surface area (Å²) in [6, 6.07) is 8.55. The molecule has 24 heavy (non-hydrogen) atoms. The van der Waals surface area contributed by atoms with Crippen molar-refractivity contribution in [1.82, 2.24) is 25.0 Å². The number of rotatable bonds is 3. The normalized spacial score (nSPS) is 21.0. The number of aromatic nitrogens is 3. The fourth-order valence-corrected chi connectivity index (χ4v) is 3.81. The molecular weight excluding hydrogens is 302 g/mol. The van der Waals surface area contributed by atoms with Gasteiger partial charge in [0.1, 0.15) is 5.82 Å². The minimum absolute atomic E-state index is 0.0273. The molecule has 1 N–H and O–H groups in total. The summed E-state index contributed by atoms with van der Waals surface area (Å²) >= 11 is 0. The number of hydrogen-bond donors (Lipinski definition) is 1. The number of carbonyl (C=O) groups excluding carboxylic acids is 1. The van der Waals surface area contributed by atoms with Gasteiger partial charge in [0.05, 0.1) is 12.6 Å². The van der Waals surface area contributed by atoms with Crippen molar-refractivity contribution in [2.75, 3.05) is 19.6 Å². The molecule has 2 aliphatic heterocycles. The second-order valence-corrected chi connectivity index (χ2v) is 6.75. The molecule has 1 aromatic heterocycles. The first-order valence-electron chi connectivity index (χ1n) is 8.68. The van der Waals surface area contributed by atoms with E-state index in [0.29, 0.717) is 6.54 Å². The van der Waals surface area contributed by atoms with Gasteiger partial charge < -0.3 is 4.90 Å². The molecule has 0 unspecified atom stereocenters. The van der Waals surface area contributed by atoms with Crippen LogP contribution in [-0.2, 0) is 17.8 Å². The highest BCUT2D eigenvalue weighted by Gasteiger charge is 2.33. The molecule has 6 nitrogen and oxygen atoms in total. The van der Waals surface area contributed by atoms with Gasteiger partial charge >= 0.3 is 0 Å². The van der Waals surface area contributed by atoms with Crippen LogP contribution >= 0.6 is 0 Å². The Kier molecular flexibility index (Phi) is 4.06. The smallest absolute Gasteiger partial charge is 0.237 e. The quantitative estimate of drug-likeness (QED) is 0.935. The molecule has 1 saturated heterocycles. The van der Waals surface area contributed by atoms with Crippen LogP contribution in [0, 0.1) is 6.92 Å². The van der Waals surface area contributed by atoms with Gasteiger partial charge in [-0.2, -0.15) is 5.10 Å². The van der Waals surface area contributed by atoms with Crippen LogP contribution in [0.25, 0.3) is 0 Å². The third-order valence-corrected chi connectivity index (χ3v) is 5.05. The molecule has 1 atom stereocenters. The number of fused-ring (bicyclic) bond motifs is 1. The number of nitrogens with zero attached hydrogens (tertiary/aromatic N) is 4. The summed E-state index contributed by atoms with van der Waals surface area (Å²) in [4.78, 5) is 21.5. The van der Waals surface area contributed by atoms with Crippen molar-refractivity contribution < 1.29 is 4.79 Å². The molecule has 2 aliphatic rings. The van der Waals surface area contributed by atoms with E-state index in [-0.39, 0.29) is 11.9 Å². The Morgan fingerprint density at radius 3 is 2.92 bits per heavy atom. The first-order valence-corrected chi connectivity index (χ1v) is 8.68. The first kappa shape index (κ1) is 15.3. The van der Waals surface area contributed by atoms with E-state index in [0.717, 1.165) is 50.5 Å². The lowest BCUT2D eigenvalue weighted by atomic mass is 10.00. The number of carbonyl (C=O) groups is 1. The molecule has 0 aliphatic carbocycles. The molecule has 2 aromatic rings. The van der Waals surface area contributed by atoms with Gasteiger partial charge in [0.25, 0.3) is 0 Å². The number of aryl methyl sites for hydroxylation is 1. The van der Waals surface area contributed by atoms with E-state index in [1.54, 1.807) is 0 Å². The molecule has 0 saturated carbocycles. The number of benzene rings is 1. The highest BCUT2D eigenvalue weighted by atomic mass is 16.2. The molecule has 3 heterocycles. The molecule has 0 bridgehead atoms. The van der Waals surface area contributed by atoms with Crippen LogP contribution in [0.3, 0.4) is 0 Å². The van der Waals surface area contributed by atoms with E-state index in [4.69, 9.17) is 0 Å². The Balaban J connectivity index is 1.43. The summed E-state index contributed by atoms with van der Waals surface area (Å²) in [5.41, 5.74) is 2.76. The lowest BCUT2D eigenvalue weighted by molar-refractivity contribution is -0.133. The Morgan fingerprint density at radius 2 is 2.12 bits per heavy atom. The highest BCUT2D eigenvalue weighted by molar-refractivity contribution is 5.79. The topological polar surface area (TPSA) is 65.1 Å². The second-order valence-electron chi connectivity index (χ2n) is 6.75. The second kappa shape index (κ2) is 6.36. The van der Waals surface area contributed by atoms with E-state index >= 15 is 0 Å². The van der Waals surface area contributed by atoms with Crippen LogP contribution in [-0.4, -0.2) is 50.5 Å². The zero-order chi connectivity index (χ0) is 16.5. The van der Waals surface area contributed by atoms with Crippen LogP contribution in [0.4, 0.5) is 0 Å². The third-order valence-electron chi connectivity index (χ3n) is 5.05. The fourth-order valence-electron chi connectivity index (χ4n) is 3.81. The summed E-state index contributed by atoms with van der Waals surface area (Å²) in [5, 5.41) is 7.15. The van der Waals surface area contributed by atoms with Crippen LogP contribution in [0.5, 0.6) is 0 Å². The summed E-state index contributed by atoms with van der Waals surface area (Å²) in [5.74, 6) is 1.75. The molecule has 126 valence electrons. The molecule has 0 spiro atoms. The SMILES string of the molecule is Cc1nc([C@@H]2CCCN2C(=O)CN2CCc3ccccc3C2)n[nH]1.